The molecule has 216 valence electrons. The summed E-state index contributed by atoms with van der Waals surface area (Å²) in [6.07, 6.45) is 8.96. The molecule has 8 heteroatoms. The van der Waals surface area contributed by atoms with Crippen LogP contribution in [0.2, 0.25) is 5.02 Å². The summed E-state index contributed by atoms with van der Waals surface area (Å²) in [4.78, 5) is 43.5. The van der Waals surface area contributed by atoms with E-state index in [1.807, 2.05) is 60.7 Å². The molecular formula is C33H38ClN3O4. The Kier molecular flexibility index (Phi) is 7.68. The predicted molar refractivity (Wildman–Crippen MR) is 159 cm³/mol. The molecule has 4 aliphatic rings. The van der Waals surface area contributed by atoms with E-state index < -0.39 is 29.6 Å². The molecule has 7 nitrogen and oxygen atoms in total. The third kappa shape index (κ3) is 5.19. The van der Waals surface area contributed by atoms with Crippen LogP contribution in [0.3, 0.4) is 0 Å². The van der Waals surface area contributed by atoms with E-state index in [0.29, 0.717) is 29.6 Å². The summed E-state index contributed by atoms with van der Waals surface area (Å²) in [6.45, 7) is 4.59. The molecule has 6 rings (SSSR count). The summed E-state index contributed by atoms with van der Waals surface area (Å²) in [5, 5.41) is 6.90. The minimum atomic E-state index is -1.16. The van der Waals surface area contributed by atoms with Gasteiger partial charge in [-0.05, 0) is 60.6 Å². The van der Waals surface area contributed by atoms with Crippen molar-refractivity contribution in [3.8, 4) is 0 Å². The second kappa shape index (κ2) is 11.3. The lowest BCUT2D eigenvalue weighted by Crippen LogP contribution is -2.56. The molecule has 2 saturated heterocycles. The third-order valence-electron chi connectivity index (χ3n) is 9.28. The van der Waals surface area contributed by atoms with Crippen LogP contribution in [0.25, 0.3) is 0 Å². The molecule has 1 spiro atoms. The second-order valence-corrected chi connectivity index (χ2v) is 12.7. The topological polar surface area (TPSA) is 87.7 Å². The van der Waals surface area contributed by atoms with Gasteiger partial charge in [0.05, 0.1) is 17.9 Å². The summed E-state index contributed by atoms with van der Waals surface area (Å²) in [5.41, 5.74) is 1.71. The van der Waals surface area contributed by atoms with Crippen LogP contribution in [-0.2, 0) is 25.5 Å². The van der Waals surface area contributed by atoms with Gasteiger partial charge in [0.15, 0.2) is 0 Å². The van der Waals surface area contributed by atoms with Crippen molar-refractivity contribution in [1.82, 2.24) is 10.2 Å². The Morgan fingerprint density at radius 1 is 1.02 bits per heavy atom. The quantitative estimate of drug-likeness (QED) is 0.421. The molecule has 3 amide bonds. The van der Waals surface area contributed by atoms with Gasteiger partial charge in [-0.1, -0.05) is 81.1 Å². The summed E-state index contributed by atoms with van der Waals surface area (Å²) in [7, 11) is 0. The molecule has 0 radical (unpaired) electrons. The number of benzene rings is 2. The van der Waals surface area contributed by atoms with Gasteiger partial charge in [0.25, 0.3) is 0 Å². The van der Waals surface area contributed by atoms with Crippen LogP contribution >= 0.6 is 11.6 Å². The Labute approximate surface area is 246 Å². The second-order valence-electron chi connectivity index (χ2n) is 12.2. The average Bonchev–Trinajstić information content (AvgIpc) is 3.61. The zero-order chi connectivity index (χ0) is 28.7. The molecule has 41 heavy (non-hydrogen) atoms. The minimum Gasteiger partial charge on any atom is -0.359 e. The number of carbonyl (C=O) groups is 3. The lowest BCUT2D eigenvalue weighted by Gasteiger charge is -2.34. The van der Waals surface area contributed by atoms with Crippen LogP contribution in [-0.4, -0.2) is 53.0 Å². The maximum Gasteiger partial charge on any atom is 0.246 e. The van der Waals surface area contributed by atoms with Crippen molar-refractivity contribution in [2.75, 3.05) is 11.9 Å². The van der Waals surface area contributed by atoms with Crippen LogP contribution in [0.1, 0.15) is 63.0 Å². The van der Waals surface area contributed by atoms with E-state index in [1.165, 1.54) is 12.0 Å². The van der Waals surface area contributed by atoms with Crippen LogP contribution in [0.5, 0.6) is 0 Å². The van der Waals surface area contributed by atoms with Gasteiger partial charge in [-0.15, -0.1) is 0 Å². The van der Waals surface area contributed by atoms with Gasteiger partial charge < -0.3 is 20.3 Å². The molecule has 2 N–H and O–H groups in total. The number of halogens is 1. The van der Waals surface area contributed by atoms with Crippen molar-refractivity contribution >= 4 is 35.0 Å². The van der Waals surface area contributed by atoms with Gasteiger partial charge >= 0.3 is 0 Å². The number of nitrogens with zero attached hydrogens (tertiary/aromatic N) is 1. The highest BCUT2D eigenvalue weighted by Gasteiger charge is 2.72. The molecule has 1 aliphatic carbocycles. The number of nitrogens with one attached hydrogen (secondary N) is 2. The lowest BCUT2D eigenvalue weighted by molar-refractivity contribution is -0.141. The largest absolute Gasteiger partial charge is 0.359 e. The summed E-state index contributed by atoms with van der Waals surface area (Å²) < 4.78 is 6.48. The highest BCUT2D eigenvalue weighted by molar-refractivity contribution is 6.30. The van der Waals surface area contributed by atoms with Crippen molar-refractivity contribution in [3.63, 3.8) is 0 Å². The number of ether oxygens (including phenoxy) is 1. The van der Waals surface area contributed by atoms with Crippen molar-refractivity contribution < 1.29 is 19.1 Å². The van der Waals surface area contributed by atoms with E-state index >= 15 is 0 Å². The minimum absolute atomic E-state index is 0.0930. The molecule has 5 atom stereocenters. The van der Waals surface area contributed by atoms with Crippen LogP contribution < -0.4 is 10.6 Å². The molecule has 2 bridgehead atoms. The monoisotopic (exact) mass is 575 g/mol. The smallest absolute Gasteiger partial charge is 0.246 e. The number of carbonyl (C=O) groups excluding carboxylic acids is 3. The molecule has 1 saturated carbocycles. The van der Waals surface area contributed by atoms with Crippen molar-refractivity contribution in [2.45, 2.75) is 82.1 Å². The van der Waals surface area contributed by atoms with Crippen LogP contribution in [0, 0.1) is 11.8 Å². The predicted octanol–water partition coefficient (Wildman–Crippen LogP) is 5.24. The van der Waals surface area contributed by atoms with Gasteiger partial charge in [0, 0.05) is 23.3 Å². The van der Waals surface area contributed by atoms with Crippen molar-refractivity contribution in [3.05, 3.63) is 76.8 Å². The first-order chi connectivity index (χ1) is 19.8. The Balaban J connectivity index is 1.27. The molecule has 5 unspecified atom stereocenters. The van der Waals surface area contributed by atoms with E-state index in [-0.39, 0.29) is 23.8 Å². The Bertz CT molecular complexity index is 1340. The maximum atomic E-state index is 14.2. The fraction of sp³-hybridized carbons (Fsp3) is 0.485. The molecule has 2 aromatic carbocycles. The SMILES string of the molecule is CC(C)c1ccc(NC(=O)C2C3C=CC4(O3)C2C(=O)N(CCc2ccc(Cl)cc2)C4C(=O)NC2CCCCC2)cc1. The first-order valence-corrected chi connectivity index (χ1v) is 15.3. The van der Waals surface area contributed by atoms with E-state index in [2.05, 4.69) is 24.5 Å². The standard InChI is InChI=1S/C33H38ClN3O4/c1-20(2)22-10-14-25(15-11-22)35-30(38)27-26-16-18-33(41-26)28(27)32(40)37(19-17-21-8-12-23(34)13-9-21)29(33)31(39)36-24-6-4-3-5-7-24/h8-16,18,20,24,26-29H,3-7,17,19H2,1-2H3,(H,35,38)(H,36,39). The first kappa shape index (κ1) is 28.0. The summed E-state index contributed by atoms with van der Waals surface area (Å²) in [5.74, 6) is -1.76. The van der Waals surface area contributed by atoms with E-state index in [4.69, 9.17) is 16.3 Å². The highest BCUT2D eigenvalue weighted by atomic mass is 35.5. The van der Waals surface area contributed by atoms with Crippen molar-refractivity contribution in [1.29, 1.82) is 0 Å². The fourth-order valence-corrected chi connectivity index (χ4v) is 7.24. The normalized spacial score (nSPS) is 28.8. The molecule has 2 aromatic rings. The lowest BCUT2D eigenvalue weighted by atomic mass is 9.74. The van der Waals surface area contributed by atoms with E-state index in [1.54, 1.807) is 4.90 Å². The Morgan fingerprint density at radius 3 is 2.41 bits per heavy atom. The zero-order valence-corrected chi connectivity index (χ0v) is 24.4. The van der Waals surface area contributed by atoms with Crippen molar-refractivity contribution in [2.24, 2.45) is 11.8 Å². The van der Waals surface area contributed by atoms with Gasteiger partial charge in [-0.25, -0.2) is 0 Å². The number of hydrogen-bond donors (Lipinski definition) is 2. The maximum absolute atomic E-state index is 14.2. The third-order valence-corrected chi connectivity index (χ3v) is 9.53. The van der Waals surface area contributed by atoms with Gasteiger partial charge in [-0.2, -0.15) is 0 Å². The molecule has 3 fully saturated rings. The Morgan fingerprint density at radius 2 is 1.73 bits per heavy atom. The summed E-state index contributed by atoms with van der Waals surface area (Å²) >= 11 is 6.07. The van der Waals surface area contributed by atoms with Crippen LogP contribution in [0.4, 0.5) is 5.69 Å². The Hall–Kier alpha value is -3.16. The zero-order valence-electron chi connectivity index (χ0n) is 23.6. The number of amides is 3. The number of likely N-dealkylation sites (tertiary alicyclic amines) is 1. The molecule has 3 heterocycles. The van der Waals surface area contributed by atoms with E-state index in [9.17, 15) is 14.4 Å². The van der Waals surface area contributed by atoms with Gasteiger partial charge in [0.1, 0.15) is 11.6 Å². The highest BCUT2D eigenvalue weighted by Crippen LogP contribution is 2.55. The van der Waals surface area contributed by atoms with Crippen LogP contribution in [0.15, 0.2) is 60.7 Å². The van der Waals surface area contributed by atoms with Gasteiger partial charge in [-0.3, -0.25) is 14.4 Å². The molecule has 3 aliphatic heterocycles. The summed E-state index contributed by atoms with van der Waals surface area (Å²) in [6, 6.07) is 14.6. The van der Waals surface area contributed by atoms with E-state index in [0.717, 1.165) is 31.2 Å². The number of anilines is 1. The molecular weight excluding hydrogens is 538 g/mol. The number of fused-ring (bicyclic) bond motifs is 1. The number of rotatable bonds is 8. The average molecular weight is 576 g/mol. The number of hydrogen-bond acceptors (Lipinski definition) is 4. The fourth-order valence-electron chi connectivity index (χ4n) is 7.11. The first-order valence-electron chi connectivity index (χ1n) is 14.9. The van der Waals surface area contributed by atoms with Gasteiger partial charge in [0.2, 0.25) is 17.7 Å². The molecule has 0 aromatic heterocycles.